The Kier molecular flexibility index (Phi) is 6.13. The first-order valence-corrected chi connectivity index (χ1v) is 10.7. The molecule has 0 amide bonds. The Labute approximate surface area is 172 Å². The molecule has 152 valence electrons. The van der Waals surface area contributed by atoms with Crippen molar-refractivity contribution in [3.63, 3.8) is 0 Å². The van der Waals surface area contributed by atoms with Crippen molar-refractivity contribution < 1.29 is 17.9 Å². The molecule has 0 atom stereocenters. The molecule has 0 aliphatic heterocycles. The van der Waals surface area contributed by atoms with Crippen molar-refractivity contribution in [1.29, 1.82) is 0 Å². The lowest BCUT2D eigenvalue weighted by Gasteiger charge is -2.27. The van der Waals surface area contributed by atoms with Gasteiger partial charge in [0.25, 0.3) is 10.0 Å². The normalized spacial score (nSPS) is 11.2. The minimum absolute atomic E-state index is 0.207. The molecule has 0 aliphatic carbocycles. The van der Waals surface area contributed by atoms with Crippen molar-refractivity contribution in [2.75, 3.05) is 18.5 Å². The number of benzene rings is 3. The monoisotopic (exact) mass is 411 g/mol. The molecule has 0 unspecified atom stereocenters. The van der Waals surface area contributed by atoms with Crippen molar-refractivity contribution in [3.8, 4) is 11.5 Å². The minimum Gasteiger partial charge on any atom is -0.493 e. The molecule has 5 nitrogen and oxygen atoms in total. The zero-order valence-electron chi connectivity index (χ0n) is 17.0. The molecule has 6 heteroatoms. The first-order chi connectivity index (χ1) is 13.9. The maximum absolute atomic E-state index is 13.7. The molecule has 3 aromatic carbocycles. The van der Waals surface area contributed by atoms with E-state index in [4.69, 9.17) is 9.47 Å². The zero-order valence-corrected chi connectivity index (χ0v) is 17.9. The van der Waals surface area contributed by atoms with E-state index in [-0.39, 0.29) is 11.4 Å². The molecule has 0 fully saturated rings. The Hall–Kier alpha value is -2.99. The summed E-state index contributed by atoms with van der Waals surface area (Å²) in [6.45, 7) is 3.98. The first-order valence-electron chi connectivity index (χ1n) is 9.23. The quantitative estimate of drug-likeness (QED) is 0.565. The summed E-state index contributed by atoms with van der Waals surface area (Å²) < 4.78 is 39.5. The van der Waals surface area contributed by atoms with E-state index in [0.717, 1.165) is 11.1 Å². The van der Waals surface area contributed by atoms with E-state index < -0.39 is 10.0 Å². The predicted molar refractivity (Wildman–Crippen MR) is 115 cm³/mol. The van der Waals surface area contributed by atoms with Crippen LogP contribution in [0.1, 0.15) is 16.7 Å². The Morgan fingerprint density at radius 3 is 2.03 bits per heavy atom. The molecule has 0 heterocycles. The van der Waals surface area contributed by atoms with Gasteiger partial charge in [-0.25, -0.2) is 8.42 Å². The van der Waals surface area contributed by atoms with Crippen LogP contribution in [0.3, 0.4) is 0 Å². The molecule has 29 heavy (non-hydrogen) atoms. The molecule has 0 aromatic heterocycles. The molecule has 0 saturated heterocycles. The van der Waals surface area contributed by atoms with Gasteiger partial charge in [0.2, 0.25) is 0 Å². The minimum atomic E-state index is -3.81. The second-order valence-electron chi connectivity index (χ2n) is 6.74. The van der Waals surface area contributed by atoms with Gasteiger partial charge in [-0.2, -0.15) is 0 Å². The number of methoxy groups -OCH3 is 2. The summed E-state index contributed by atoms with van der Waals surface area (Å²) in [5.74, 6) is 1.01. The van der Waals surface area contributed by atoms with Gasteiger partial charge in [-0.05, 0) is 48.7 Å². The zero-order chi connectivity index (χ0) is 21.0. The molecule has 0 saturated carbocycles. The number of hydrogen-bond acceptors (Lipinski definition) is 4. The highest BCUT2D eigenvalue weighted by molar-refractivity contribution is 7.92. The summed E-state index contributed by atoms with van der Waals surface area (Å²) in [5, 5.41) is 0. The van der Waals surface area contributed by atoms with Crippen LogP contribution >= 0.6 is 0 Å². The third-order valence-electron chi connectivity index (χ3n) is 4.89. The number of hydrogen-bond donors (Lipinski definition) is 0. The van der Waals surface area contributed by atoms with E-state index in [0.29, 0.717) is 22.7 Å². The van der Waals surface area contributed by atoms with E-state index in [1.165, 1.54) is 11.4 Å². The van der Waals surface area contributed by atoms with Crippen LogP contribution in [0.4, 0.5) is 5.69 Å². The van der Waals surface area contributed by atoms with Crippen LogP contribution in [-0.4, -0.2) is 22.6 Å². The summed E-state index contributed by atoms with van der Waals surface area (Å²) in [6, 6.07) is 19.9. The van der Waals surface area contributed by atoms with E-state index in [2.05, 4.69) is 0 Å². The fourth-order valence-electron chi connectivity index (χ4n) is 3.20. The Bertz CT molecular complexity index is 1110. The van der Waals surface area contributed by atoms with Crippen LogP contribution in [-0.2, 0) is 16.6 Å². The standard InChI is InChI=1S/C23H25NO4S/c1-17-9-5-7-11-19(17)16-24(20-13-14-21(27-3)22(15-20)28-4)29(25,26)23-12-8-6-10-18(23)2/h5-15H,16H2,1-4H3. The van der Waals surface area contributed by atoms with Gasteiger partial charge in [-0.1, -0.05) is 42.5 Å². The third kappa shape index (κ3) is 4.22. The van der Waals surface area contributed by atoms with Crippen molar-refractivity contribution >= 4 is 15.7 Å². The van der Waals surface area contributed by atoms with Crippen molar-refractivity contribution in [1.82, 2.24) is 0 Å². The van der Waals surface area contributed by atoms with Gasteiger partial charge in [0.05, 0.1) is 31.3 Å². The van der Waals surface area contributed by atoms with Gasteiger partial charge in [-0.15, -0.1) is 0 Å². The lowest BCUT2D eigenvalue weighted by atomic mass is 10.1. The summed E-state index contributed by atoms with van der Waals surface area (Å²) in [7, 11) is -0.728. The summed E-state index contributed by atoms with van der Waals surface area (Å²) in [5.41, 5.74) is 3.16. The largest absolute Gasteiger partial charge is 0.493 e. The molecular weight excluding hydrogens is 386 g/mol. The lowest BCUT2D eigenvalue weighted by molar-refractivity contribution is 0.355. The summed E-state index contributed by atoms with van der Waals surface area (Å²) in [4.78, 5) is 0.281. The molecule has 3 aromatic rings. The highest BCUT2D eigenvalue weighted by Crippen LogP contribution is 2.35. The van der Waals surface area contributed by atoms with Crippen LogP contribution in [0.25, 0.3) is 0 Å². The highest BCUT2D eigenvalue weighted by Gasteiger charge is 2.27. The van der Waals surface area contributed by atoms with Crippen LogP contribution in [0.2, 0.25) is 0 Å². The maximum Gasteiger partial charge on any atom is 0.264 e. The van der Waals surface area contributed by atoms with Gasteiger partial charge in [-0.3, -0.25) is 4.31 Å². The molecule has 0 aliphatic rings. The maximum atomic E-state index is 13.7. The molecule has 0 N–H and O–H groups in total. The second-order valence-corrected chi connectivity index (χ2v) is 8.57. The Balaban J connectivity index is 2.17. The average molecular weight is 412 g/mol. The van der Waals surface area contributed by atoms with Crippen molar-refractivity contribution in [2.45, 2.75) is 25.3 Å². The number of sulfonamides is 1. The molecule has 3 rings (SSSR count). The van der Waals surface area contributed by atoms with Crippen LogP contribution in [0.15, 0.2) is 71.6 Å². The first kappa shape index (κ1) is 20.7. The predicted octanol–water partition coefficient (Wildman–Crippen LogP) is 4.72. The van der Waals surface area contributed by atoms with Gasteiger partial charge < -0.3 is 9.47 Å². The van der Waals surface area contributed by atoms with E-state index in [1.54, 1.807) is 50.4 Å². The fourth-order valence-corrected chi connectivity index (χ4v) is 4.86. The van der Waals surface area contributed by atoms with Crippen LogP contribution in [0.5, 0.6) is 11.5 Å². The summed E-state index contributed by atoms with van der Waals surface area (Å²) in [6.07, 6.45) is 0. The highest BCUT2D eigenvalue weighted by atomic mass is 32.2. The third-order valence-corrected chi connectivity index (χ3v) is 6.83. The van der Waals surface area contributed by atoms with Gasteiger partial charge in [0, 0.05) is 6.07 Å². The molecule has 0 spiro atoms. The molecular formula is C23H25NO4S. The number of ether oxygens (including phenoxy) is 2. The fraction of sp³-hybridized carbons (Fsp3) is 0.217. The molecule has 0 radical (unpaired) electrons. The second kappa shape index (κ2) is 8.57. The van der Waals surface area contributed by atoms with Gasteiger partial charge in [0.15, 0.2) is 11.5 Å². The van der Waals surface area contributed by atoms with Crippen molar-refractivity contribution in [3.05, 3.63) is 83.4 Å². The van der Waals surface area contributed by atoms with Gasteiger partial charge in [0.1, 0.15) is 0 Å². The lowest BCUT2D eigenvalue weighted by Crippen LogP contribution is -2.31. The molecule has 0 bridgehead atoms. The topological polar surface area (TPSA) is 55.8 Å². The van der Waals surface area contributed by atoms with E-state index in [1.807, 2.05) is 37.3 Å². The Morgan fingerprint density at radius 1 is 0.793 bits per heavy atom. The van der Waals surface area contributed by atoms with Crippen molar-refractivity contribution in [2.24, 2.45) is 0 Å². The number of nitrogens with zero attached hydrogens (tertiary/aromatic N) is 1. The average Bonchev–Trinajstić information content (AvgIpc) is 2.72. The Morgan fingerprint density at radius 2 is 1.41 bits per heavy atom. The number of anilines is 1. The summed E-state index contributed by atoms with van der Waals surface area (Å²) >= 11 is 0. The van der Waals surface area contributed by atoms with Gasteiger partial charge >= 0.3 is 0 Å². The van der Waals surface area contributed by atoms with Crippen LogP contribution < -0.4 is 13.8 Å². The van der Waals surface area contributed by atoms with E-state index >= 15 is 0 Å². The van der Waals surface area contributed by atoms with Crippen LogP contribution in [0, 0.1) is 13.8 Å². The van der Waals surface area contributed by atoms with E-state index in [9.17, 15) is 8.42 Å². The number of rotatable bonds is 7. The number of aryl methyl sites for hydroxylation is 2. The smallest absolute Gasteiger partial charge is 0.264 e. The SMILES string of the molecule is COc1ccc(N(Cc2ccccc2C)S(=O)(=O)c2ccccc2C)cc1OC.